The lowest BCUT2D eigenvalue weighted by Gasteiger charge is -2.07. The van der Waals surface area contributed by atoms with E-state index in [0.29, 0.717) is 27.9 Å². The number of aromatic nitrogens is 3. The van der Waals surface area contributed by atoms with E-state index < -0.39 is 5.76 Å². The molecule has 0 bridgehead atoms. The topological polar surface area (TPSA) is 59.8 Å². The zero-order valence-electron chi connectivity index (χ0n) is 12.3. The SMILES string of the molecule is O=C(Nc1ccc(SC(F)F)cc1)c1ccc(-n2cncn2)cc1. The Balaban J connectivity index is 1.66. The molecule has 3 aromatic rings. The number of carbonyl (C=O) groups is 1. The molecule has 8 heteroatoms. The van der Waals surface area contributed by atoms with Gasteiger partial charge in [-0.15, -0.1) is 0 Å². The number of anilines is 1. The Hall–Kier alpha value is -2.74. The number of alkyl halides is 2. The molecule has 1 aromatic heterocycles. The second-order valence-corrected chi connectivity index (χ2v) is 5.81. The molecule has 0 saturated carbocycles. The summed E-state index contributed by atoms with van der Waals surface area (Å²) in [7, 11) is 0. The molecule has 2 aromatic carbocycles. The van der Waals surface area contributed by atoms with Crippen LogP contribution in [-0.4, -0.2) is 26.4 Å². The summed E-state index contributed by atoms with van der Waals surface area (Å²) in [5, 5.41) is 6.73. The van der Waals surface area contributed by atoms with Gasteiger partial charge in [-0.1, -0.05) is 11.8 Å². The summed E-state index contributed by atoms with van der Waals surface area (Å²) in [5.41, 5.74) is 1.81. The van der Waals surface area contributed by atoms with Gasteiger partial charge in [-0.3, -0.25) is 4.79 Å². The lowest BCUT2D eigenvalue weighted by Crippen LogP contribution is -2.11. The minimum atomic E-state index is -2.46. The Labute approximate surface area is 140 Å². The Morgan fingerprint density at radius 2 is 1.79 bits per heavy atom. The van der Waals surface area contributed by atoms with Crippen LogP contribution in [0.25, 0.3) is 5.69 Å². The van der Waals surface area contributed by atoms with Crippen LogP contribution in [0.15, 0.2) is 66.1 Å². The van der Waals surface area contributed by atoms with Crippen molar-refractivity contribution in [3.63, 3.8) is 0 Å². The van der Waals surface area contributed by atoms with Crippen LogP contribution in [0.3, 0.4) is 0 Å². The average Bonchev–Trinajstić information content (AvgIpc) is 3.11. The maximum Gasteiger partial charge on any atom is 0.288 e. The van der Waals surface area contributed by atoms with E-state index in [0.717, 1.165) is 5.69 Å². The van der Waals surface area contributed by atoms with Gasteiger partial charge in [-0.05, 0) is 48.5 Å². The van der Waals surface area contributed by atoms with Crippen molar-refractivity contribution in [3.05, 3.63) is 66.7 Å². The number of amides is 1. The summed E-state index contributed by atoms with van der Waals surface area (Å²) in [4.78, 5) is 16.5. The van der Waals surface area contributed by atoms with Crippen molar-refractivity contribution in [2.24, 2.45) is 0 Å². The highest BCUT2D eigenvalue weighted by Gasteiger charge is 2.08. The smallest absolute Gasteiger partial charge is 0.288 e. The Morgan fingerprint density at radius 1 is 1.08 bits per heavy atom. The molecule has 0 atom stereocenters. The third-order valence-electron chi connectivity index (χ3n) is 3.15. The quantitative estimate of drug-likeness (QED) is 0.713. The van der Waals surface area contributed by atoms with Crippen molar-refractivity contribution >= 4 is 23.4 Å². The summed E-state index contributed by atoms with van der Waals surface area (Å²) < 4.78 is 26.1. The first-order valence-electron chi connectivity index (χ1n) is 6.93. The van der Waals surface area contributed by atoms with Gasteiger partial charge < -0.3 is 5.32 Å². The Morgan fingerprint density at radius 3 is 2.38 bits per heavy atom. The Kier molecular flexibility index (Phi) is 4.85. The zero-order chi connectivity index (χ0) is 16.9. The van der Waals surface area contributed by atoms with Crippen LogP contribution in [0.2, 0.25) is 0 Å². The summed E-state index contributed by atoms with van der Waals surface area (Å²) in [6.45, 7) is 0. The molecule has 5 nitrogen and oxygen atoms in total. The van der Waals surface area contributed by atoms with Gasteiger partial charge in [0.1, 0.15) is 12.7 Å². The number of hydrogen-bond acceptors (Lipinski definition) is 4. The van der Waals surface area contributed by atoms with Gasteiger partial charge in [0, 0.05) is 16.1 Å². The number of halogens is 2. The predicted octanol–water partition coefficient (Wildman–Crippen LogP) is 3.83. The molecule has 1 heterocycles. The van der Waals surface area contributed by atoms with Crippen LogP contribution < -0.4 is 5.32 Å². The van der Waals surface area contributed by atoms with Crippen LogP contribution >= 0.6 is 11.8 Å². The standard InChI is InChI=1S/C16H12F2N4OS/c17-16(18)24-14-7-3-12(4-8-14)21-15(23)11-1-5-13(6-2-11)22-10-19-9-20-22/h1-10,16H,(H,21,23). The second kappa shape index (κ2) is 7.22. The first-order valence-corrected chi connectivity index (χ1v) is 7.81. The number of nitrogens with one attached hydrogen (secondary N) is 1. The lowest BCUT2D eigenvalue weighted by molar-refractivity contribution is 0.102. The Bertz CT molecular complexity index is 805. The van der Waals surface area contributed by atoms with E-state index in [9.17, 15) is 13.6 Å². The molecule has 3 rings (SSSR count). The zero-order valence-corrected chi connectivity index (χ0v) is 13.1. The lowest BCUT2D eigenvalue weighted by atomic mass is 10.2. The number of nitrogens with zero attached hydrogens (tertiary/aromatic N) is 3. The highest BCUT2D eigenvalue weighted by molar-refractivity contribution is 7.99. The number of hydrogen-bond donors (Lipinski definition) is 1. The normalized spacial score (nSPS) is 10.8. The van der Waals surface area contributed by atoms with Crippen LogP contribution in [0.4, 0.5) is 14.5 Å². The number of rotatable bonds is 5. The van der Waals surface area contributed by atoms with Gasteiger partial charge in [-0.2, -0.15) is 13.9 Å². The van der Waals surface area contributed by atoms with E-state index in [1.165, 1.54) is 6.33 Å². The molecule has 1 N–H and O–H groups in total. The average molecular weight is 346 g/mol. The van der Waals surface area contributed by atoms with E-state index in [4.69, 9.17) is 0 Å². The molecule has 24 heavy (non-hydrogen) atoms. The summed E-state index contributed by atoms with van der Waals surface area (Å²) in [6, 6.07) is 13.1. The third kappa shape index (κ3) is 3.96. The van der Waals surface area contributed by atoms with Gasteiger partial charge in [0.2, 0.25) is 0 Å². The predicted molar refractivity (Wildman–Crippen MR) is 87.6 cm³/mol. The first kappa shape index (κ1) is 16.1. The number of carbonyl (C=O) groups excluding carboxylic acids is 1. The fourth-order valence-corrected chi connectivity index (χ4v) is 2.53. The number of thioether (sulfide) groups is 1. The van der Waals surface area contributed by atoms with E-state index in [2.05, 4.69) is 15.4 Å². The first-order chi connectivity index (χ1) is 11.6. The van der Waals surface area contributed by atoms with Gasteiger partial charge in [-0.25, -0.2) is 9.67 Å². The molecular weight excluding hydrogens is 334 g/mol. The van der Waals surface area contributed by atoms with Gasteiger partial charge in [0.25, 0.3) is 11.7 Å². The van der Waals surface area contributed by atoms with Crippen LogP contribution in [0, 0.1) is 0 Å². The highest BCUT2D eigenvalue weighted by Crippen LogP contribution is 2.26. The van der Waals surface area contributed by atoms with E-state index in [1.54, 1.807) is 59.5 Å². The third-order valence-corrected chi connectivity index (χ3v) is 3.87. The van der Waals surface area contributed by atoms with E-state index >= 15 is 0 Å². The minimum Gasteiger partial charge on any atom is -0.322 e. The molecule has 0 fully saturated rings. The van der Waals surface area contributed by atoms with Crippen molar-refractivity contribution in [2.75, 3.05) is 5.32 Å². The van der Waals surface area contributed by atoms with Gasteiger partial charge >= 0.3 is 0 Å². The molecule has 0 aliphatic heterocycles. The van der Waals surface area contributed by atoms with Gasteiger partial charge in [0.05, 0.1) is 5.69 Å². The molecule has 0 saturated heterocycles. The van der Waals surface area contributed by atoms with Crippen molar-refractivity contribution in [3.8, 4) is 5.69 Å². The molecule has 0 aliphatic rings. The molecule has 122 valence electrons. The largest absolute Gasteiger partial charge is 0.322 e. The van der Waals surface area contributed by atoms with Crippen LogP contribution in [0.1, 0.15) is 10.4 Å². The summed E-state index contributed by atoms with van der Waals surface area (Å²) >= 11 is 0.463. The van der Waals surface area contributed by atoms with Gasteiger partial charge in [0.15, 0.2) is 0 Å². The van der Waals surface area contributed by atoms with Crippen molar-refractivity contribution in [1.82, 2.24) is 14.8 Å². The van der Waals surface area contributed by atoms with Crippen LogP contribution in [0.5, 0.6) is 0 Å². The summed E-state index contributed by atoms with van der Waals surface area (Å²) in [6.07, 6.45) is 2.99. The monoisotopic (exact) mass is 346 g/mol. The van der Waals surface area contributed by atoms with Crippen molar-refractivity contribution < 1.29 is 13.6 Å². The fourth-order valence-electron chi connectivity index (χ4n) is 2.03. The van der Waals surface area contributed by atoms with Crippen molar-refractivity contribution in [2.45, 2.75) is 10.7 Å². The molecule has 0 unspecified atom stereocenters. The molecule has 1 amide bonds. The maximum atomic E-state index is 12.3. The number of benzene rings is 2. The summed E-state index contributed by atoms with van der Waals surface area (Å²) in [5.74, 6) is -2.75. The minimum absolute atomic E-state index is 0.283. The fraction of sp³-hybridized carbons (Fsp3) is 0.0625. The van der Waals surface area contributed by atoms with E-state index in [-0.39, 0.29) is 5.91 Å². The second-order valence-electron chi connectivity index (χ2n) is 4.74. The van der Waals surface area contributed by atoms with Crippen molar-refractivity contribution in [1.29, 1.82) is 0 Å². The molecule has 0 aliphatic carbocycles. The molecule has 0 radical (unpaired) electrons. The molecular formula is C16H12F2N4OS. The van der Waals surface area contributed by atoms with Crippen LogP contribution in [-0.2, 0) is 0 Å². The van der Waals surface area contributed by atoms with E-state index in [1.807, 2.05) is 0 Å². The maximum absolute atomic E-state index is 12.3. The highest BCUT2D eigenvalue weighted by atomic mass is 32.2. The molecule has 0 spiro atoms.